The molecule has 322 valence electrons. The molecule has 7 aromatic rings. The lowest BCUT2D eigenvalue weighted by molar-refractivity contribution is 0.0944. The molecule has 0 fully saturated rings. The molecular formula is C54H64N6O2. The van der Waals surface area contributed by atoms with Crippen LogP contribution in [0.2, 0.25) is 0 Å². The highest BCUT2D eigenvalue weighted by Gasteiger charge is 2.19. The van der Waals surface area contributed by atoms with Crippen LogP contribution in [-0.2, 0) is 20.0 Å². The van der Waals surface area contributed by atoms with E-state index < -0.39 is 0 Å². The maximum atomic E-state index is 13.5. The highest BCUT2D eigenvalue weighted by Crippen LogP contribution is 2.32. The standard InChI is InChI=1S/C54H64N6O2/c1-6-8-22-38(3)43-23-13-15-25-45(43)53(61)55-33-19-11-9-10-12-20-34-56-54(62)46-26-16-14-24-44(46)41-31-29-40(30-32-41)37-60-49-36-42(35-39(4)51(49)58-50(60)21-7-2)52-57-47-27-17-18-28-48(47)59(52)5/h13-18,23-32,35-36,38H,6-12,19-22,33-34,37H2,1-5H3,(H,55,61)(H,56,62). The van der Waals surface area contributed by atoms with Crippen LogP contribution in [0.1, 0.15) is 134 Å². The first kappa shape index (κ1) is 44.0. The third-order valence-electron chi connectivity index (χ3n) is 12.3. The van der Waals surface area contributed by atoms with Gasteiger partial charge in [0.05, 0.1) is 22.1 Å². The predicted octanol–water partition coefficient (Wildman–Crippen LogP) is 12.4. The first-order chi connectivity index (χ1) is 30.3. The molecule has 7 rings (SSSR count). The number of carbonyl (C=O) groups excluding carboxylic acids is 2. The zero-order valence-corrected chi connectivity index (χ0v) is 37.5. The fourth-order valence-corrected chi connectivity index (χ4v) is 8.82. The number of benzene rings is 5. The van der Waals surface area contributed by atoms with E-state index in [1.807, 2.05) is 48.5 Å². The van der Waals surface area contributed by atoms with Gasteiger partial charge in [0.25, 0.3) is 11.8 Å². The number of nitrogens with one attached hydrogen (secondary N) is 2. The Morgan fingerprint density at radius 3 is 2.02 bits per heavy atom. The maximum Gasteiger partial charge on any atom is 0.251 e. The molecule has 5 aromatic carbocycles. The van der Waals surface area contributed by atoms with Crippen molar-refractivity contribution < 1.29 is 9.59 Å². The van der Waals surface area contributed by atoms with Gasteiger partial charge < -0.3 is 19.8 Å². The van der Waals surface area contributed by atoms with E-state index in [0.29, 0.717) is 31.1 Å². The van der Waals surface area contributed by atoms with Gasteiger partial charge in [-0.3, -0.25) is 9.59 Å². The minimum Gasteiger partial charge on any atom is -0.352 e. The molecule has 8 heteroatoms. The van der Waals surface area contributed by atoms with Crippen LogP contribution in [0.4, 0.5) is 0 Å². The van der Waals surface area contributed by atoms with E-state index in [2.05, 4.69) is 115 Å². The predicted molar refractivity (Wildman–Crippen MR) is 256 cm³/mol. The van der Waals surface area contributed by atoms with Crippen molar-refractivity contribution in [3.63, 3.8) is 0 Å². The van der Waals surface area contributed by atoms with E-state index in [9.17, 15) is 9.59 Å². The van der Waals surface area contributed by atoms with Gasteiger partial charge in [0.2, 0.25) is 0 Å². The number of carbonyl (C=O) groups is 2. The summed E-state index contributed by atoms with van der Waals surface area (Å²) >= 11 is 0. The van der Waals surface area contributed by atoms with Crippen molar-refractivity contribution in [2.75, 3.05) is 13.1 Å². The van der Waals surface area contributed by atoms with Crippen LogP contribution in [0.25, 0.3) is 44.6 Å². The summed E-state index contributed by atoms with van der Waals surface area (Å²) in [4.78, 5) is 36.6. The molecule has 1 atom stereocenters. The van der Waals surface area contributed by atoms with Gasteiger partial charge in [0.1, 0.15) is 11.6 Å². The maximum absolute atomic E-state index is 13.5. The Hall–Kier alpha value is -6.02. The highest BCUT2D eigenvalue weighted by molar-refractivity contribution is 6.01. The summed E-state index contributed by atoms with van der Waals surface area (Å²) in [6, 6.07) is 37.3. The minimum atomic E-state index is -0.0392. The van der Waals surface area contributed by atoms with E-state index in [-0.39, 0.29) is 11.8 Å². The molecule has 0 spiro atoms. The molecule has 0 saturated carbocycles. The Bertz CT molecular complexity index is 2600. The number of imidazole rings is 2. The van der Waals surface area contributed by atoms with E-state index in [1.165, 1.54) is 18.4 Å². The van der Waals surface area contributed by atoms with Gasteiger partial charge in [0.15, 0.2) is 0 Å². The van der Waals surface area contributed by atoms with Crippen LogP contribution < -0.4 is 10.6 Å². The Morgan fingerprint density at radius 1 is 0.661 bits per heavy atom. The summed E-state index contributed by atoms with van der Waals surface area (Å²) in [5.74, 6) is 2.42. The Labute approximate surface area is 368 Å². The summed E-state index contributed by atoms with van der Waals surface area (Å²) < 4.78 is 4.54. The molecule has 2 amide bonds. The normalized spacial score (nSPS) is 12.0. The monoisotopic (exact) mass is 829 g/mol. The summed E-state index contributed by atoms with van der Waals surface area (Å²) in [5.41, 5.74) is 12.3. The number of unbranched alkanes of at least 4 members (excludes halogenated alkanes) is 6. The van der Waals surface area contributed by atoms with Gasteiger partial charge in [-0.05, 0) is 103 Å². The molecule has 62 heavy (non-hydrogen) atoms. The van der Waals surface area contributed by atoms with E-state index >= 15 is 0 Å². The number of hydrogen-bond acceptors (Lipinski definition) is 4. The molecule has 1 unspecified atom stereocenters. The molecule has 2 heterocycles. The van der Waals surface area contributed by atoms with Crippen molar-refractivity contribution in [2.24, 2.45) is 7.05 Å². The first-order valence-electron chi connectivity index (χ1n) is 23.0. The Morgan fingerprint density at radius 2 is 1.31 bits per heavy atom. The number of fused-ring (bicyclic) bond motifs is 2. The topological polar surface area (TPSA) is 93.8 Å². The third-order valence-corrected chi connectivity index (χ3v) is 12.3. The molecule has 2 aromatic heterocycles. The summed E-state index contributed by atoms with van der Waals surface area (Å²) in [5, 5.41) is 6.33. The molecule has 8 nitrogen and oxygen atoms in total. The fraction of sp³-hybridized carbons (Fsp3) is 0.370. The zero-order valence-electron chi connectivity index (χ0n) is 37.5. The molecule has 0 aliphatic heterocycles. The molecule has 0 aliphatic carbocycles. The zero-order chi connectivity index (χ0) is 43.4. The Kier molecular flexibility index (Phi) is 15.0. The van der Waals surface area contributed by atoms with Crippen molar-refractivity contribution in [3.05, 3.63) is 143 Å². The number of hydrogen-bond donors (Lipinski definition) is 2. The molecular weight excluding hydrogens is 765 g/mol. The number of para-hydroxylation sites is 2. The SMILES string of the molecule is CCCCC(C)c1ccccc1C(=O)NCCCCCCCCNC(=O)c1ccccc1-c1ccc(Cn2c(CCC)nc3c(C)cc(-c4nc5ccccc5n4C)cc32)cc1. The van der Waals surface area contributed by atoms with Crippen molar-refractivity contribution in [3.8, 4) is 22.5 Å². The lowest BCUT2D eigenvalue weighted by Gasteiger charge is -2.16. The van der Waals surface area contributed by atoms with Gasteiger partial charge >= 0.3 is 0 Å². The molecule has 2 N–H and O–H groups in total. The second-order valence-electron chi connectivity index (χ2n) is 17.0. The van der Waals surface area contributed by atoms with Gasteiger partial charge in [-0.15, -0.1) is 0 Å². The summed E-state index contributed by atoms with van der Waals surface area (Å²) in [7, 11) is 2.08. The highest BCUT2D eigenvalue weighted by atomic mass is 16.2. The Balaban J connectivity index is 0.903. The van der Waals surface area contributed by atoms with E-state index in [0.717, 1.165) is 125 Å². The van der Waals surface area contributed by atoms with Crippen molar-refractivity contribution >= 4 is 33.9 Å². The van der Waals surface area contributed by atoms with Crippen LogP contribution in [0.15, 0.2) is 109 Å². The average Bonchev–Trinajstić information content (AvgIpc) is 3.82. The van der Waals surface area contributed by atoms with Crippen LogP contribution >= 0.6 is 0 Å². The summed E-state index contributed by atoms with van der Waals surface area (Å²) in [6.07, 6.45) is 11.6. The smallest absolute Gasteiger partial charge is 0.251 e. The second-order valence-corrected chi connectivity index (χ2v) is 17.0. The summed E-state index contributed by atoms with van der Waals surface area (Å²) in [6.45, 7) is 10.8. The first-order valence-corrected chi connectivity index (χ1v) is 23.0. The minimum absolute atomic E-state index is 0.0392. The lowest BCUT2D eigenvalue weighted by Crippen LogP contribution is -2.26. The van der Waals surface area contributed by atoms with Gasteiger partial charge in [-0.25, -0.2) is 9.97 Å². The van der Waals surface area contributed by atoms with Gasteiger partial charge in [0, 0.05) is 49.8 Å². The van der Waals surface area contributed by atoms with Crippen molar-refractivity contribution in [1.29, 1.82) is 0 Å². The quantitative estimate of drug-likeness (QED) is 0.0706. The average molecular weight is 829 g/mol. The molecule has 0 bridgehead atoms. The number of amides is 2. The third kappa shape index (κ3) is 10.4. The second kappa shape index (κ2) is 21.2. The van der Waals surface area contributed by atoms with Crippen molar-refractivity contribution in [1.82, 2.24) is 29.7 Å². The van der Waals surface area contributed by atoms with Gasteiger partial charge in [-0.1, -0.05) is 132 Å². The van der Waals surface area contributed by atoms with E-state index in [4.69, 9.17) is 9.97 Å². The number of rotatable bonds is 21. The van der Waals surface area contributed by atoms with Gasteiger partial charge in [-0.2, -0.15) is 0 Å². The van der Waals surface area contributed by atoms with Crippen LogP contribution in [0, 0.1) is 6.92 Å². The lowest BCUT2D eigenvalue weighted by atomic mass is 9.91. The number of nitrogens with zero attached hydrogens (tertiary/aromatic N) is 4. The number of aromatic nitrogens is 4. The molecule has 0 aliphatic rings. The fourth-order valence-electron chi connectivity index (χ4n) is 8.82. The van der Waals surface area contributed by atoms with Crippen LogP contribution in [0.5, 0.6) is 0 Å². The van der Waals surface area contributed by atoms with E-state index in [1.54, 1.807) is 0 Å². The molecule has 0 radical (unpaired) electrons. The van der Waals surface area contributed by atoms with Crippen molar-refractivity contribution in [2.45, 2.75) is 111 Å². The van der Waals surface area contributed by atoms with Crippen LogP contribution in [0.3, 0.4) is 0 Å². The molecule has 0 saturated heterocycles. The number of aryl methyl sites for hydroxylation is 3. The largest absolute Gasteiger partial charge is 0.352 e. The van der Waals surface area contributed by atoms with Crippen LogP contribution in [-0.4, -0.2) is 44.0 Å².